The third kappa shape index (κ3) is 3.89. The number of hydrogen-bond donors (Lipinski definition) is 1. The number of carbonyl (C=O) groups is 1. The molecule has 0 bridgehead atoms. The highest BCUT2D eigenvalue weighted by molar-refractivity contribution is 5.87. The first-order chi connectivity index (χ1) is 9.86. The predicted octanol–water partition coefficient (Wildman–Crippen LogP) is 2.55. The molecule has 0 aliphatic carbocycles. The van der Waals surface area contributed by atoms with Gasteiger partial charge in [0.2, 0.25) is 0 Å². The van der Waals surface area contributed by atoms with Crippen LogP contribution >= 0.6 is 0 Å². The van der Waals surface area contributed by atoms with Crippen LogP contribution in [0.4, 0.5) is 0 Å². The second kappa shape index (κ2) is 5.32. The van der Waals surface area contributed by atoms with E-state index in [1.807, 2.05) is 6.92 Å². The third-order valence-corrected chi connectivity index (χ3v) is 4.07. The molecule has 0 atom stereocenters. The van der Waals surface area contributed by atoms with Crippen molar-refractivity contribution < 1.29 is 19.0 Å². The minimum absolute atomic E-state index is 0.0795. The van der Waals surface area contributed by atoms with Gasteiger partial charge >= 0.3 is 5.97 Å². The molecule has 0 unspecified atom stereocenters. The number of carbonyl (C=O) groups excluding carboxylic acids is 1. The Kier molecular flexibility index (Phi) is 4.22. The molecule has 2 aliphatic heterocycles. The van der Waals surface area contributed by atoms with E-state index in [-0.39, 0.29) is 11.1 Å². The topological polar surface area (TPSA) is 56.8 Å². The normalized spacial score (nSPS) is 28.1. The minimum atomic E-state index is -0.763. The van der Waals surface area contributed by atoms with Gasteiger partial charge in [0.25, 0.3) is 0 Å². The van der Waals surface area contributed by atoms with Crippen LogP contribution in [-0.4, -0.2) is 41.6 Å². The van der Waals surface area contributed by atoms with Gasteiger partial charge in [-0.15, -0.1) is 0 Å². The Morgan fingerprint density at radius 1 is 1.05 bits per heavy atom. The SMILES string of the molecule is C=C(C)C(=O)OC1(C)COC2(CC(C)(C)NC(C)(C)C2)OC1. The highest BCUT2D eigenvalue weighted by Crippen LogP contribution is 2.42. The van der Waals surface area contributed by atoms with Crippen LogP contribution in [0.15, 0.2) is 12.2 Å². The predicted molar refractivity (Wildman–Crippen MR) is 84.5 cm³/mol. The number of esters is 1. The molecule has 5 heteroatoms. The maximum absolute atomic E-state index is 11.7. The summed E-state index contributed by atoms with van der Waals surface area (Å²) < 4.78 is 17.7. The number of piperidine rings is 1. The lowest BCUT2D eigenvalue weighted by atomic mass is 9.78. The Morgan fingerprint density at radius 3 is 1.91 bits per heavy atom. The lowest BCUT2D eigenvalue weighted by Crippen LogP contribution is -2.67. The zero-order valence-corrected chi connectivity index (χ0v) is 14.7. The summed E-state index contributed by atoms with van der Waals surface area (Å²) in [6, 6.07) is 0. The molecule has 22 heavy (non-hydrogen) atoms. The van der Waals surface area contributed by atoms with Gasteiger partial charge in [0.05, 0.1) is 13.2 Å². The molecule has 2 fully saturated rings. The molecule has 0 amide bonds. The lowest BCUT2D eigenvalue weighted by Gasteiger charge is -2.55. The van der Waals surface area contributed by atoms with Crippen LogP contribution < -0.4 is 5.32 Å². The van der Waals surface area contributed by atoms with E-state index >= 15 is 0 Å². The van der Waals surface area contributed by atoms with E-state index in [2.05, 4.69) is 39.6 Å². The van der Waals surface area contributed by atoms with Crippen LogP contribution in [0.2, 0.25) is 0 Å². The summed E-state index contributed by atoms with van der Waals surface area (Å²) in [5, 5.41) is 3.61. The molecule has 5 nitrogen and oxygen atoms in total. The van der Waals surface area contributed by atoms with E-state index < -0.39 is 17.4 Å². The highest BCUT2D eigenvalue weighted by atomic mass is 16.7. The Bertz CT molecular complexity index is 455. The molecule has 0 aromatic rings. The van der Waals surface area contributed by atoms with Gasteiger partial charge in [-0.2, -0.15) is 0 Å². The molecule has 1 spiro atoms. The van der Waals surface area contributed by atoms with Crippen molar-refractivity contribution in [3.63, 3.8) is 0 Å². The molecule has 0 aromatic heterocycles. The smallest absolute Gasteiger partial charge is 0.333 e. The maximum atomic E-state index is 11.7. The fourth-order valence-electron chi connectivity index (χ4n) is 3.64. The van der Waals surface area contributed by atoms with Gasteiger partial charge in [-0.1, -0.05) is 6.58 Å². The molecule has 1 N–H and O–H groups in total. The molecule has 2 heterocycles. The molecule has 2 saturated heterocycles. The Labute approximate surface area is 133 Å². The number of hydrogen-bond acceptors (Lipinski definition) is 5. The van der Waals surface area contributed by atoms with E-state index in [4.69, 9.17) is 14.2 Å². The van der Waals surface area contributed by atoms with E-state index in [1.54, 1.807) is 6.92 Å². The second-order valence-corrected chi connectivity index (χ2v) is 8.35. The average molecular weight is 311 g/mol. The van der Waals surface area contributed by atoms with Crippen molar-refractivity contribution in [1.29, 1.82) is 0 Å². The molecule has 2 rings (SSSR count). The van der Waals surface area contributed by atoms with Crippen LogP contribution in [0, 0.1) is 0 Å². The molecule has 2 aliphatic rings. The fourth-order valence-corrected chi connectivity index (χ4v) is 3.64. The van der Waals surface area contributed by atoms with Crippen LogP contribution in [0.5, 0.6) is 0 Å². The molecular weight excluding hydrogens is 282 g/mol. The van der Waals surface area contributed by atoms with E-state index in [1.165, 1.54) is 0 Å². The minimum Gasteiger partial charge on any atom is -0.451 e. The van der Waals surface area contributed by atoms with Crippen LogP contribution in [-0.2, 0) is 19.0 Å². The average Bonchev–Trinajstić information content (AvgIpc) is 2.29. The monoisotopic (exact) mass is 311 g/mol. The van der Waals surface area contributed by atoms with Gasteiger partial charge in [-0.25, -0.2) is 4.79 Å². The molecule has 0 radical (unpaired) electrons. The van der Waals surface area contributed by atoms with Crippen molar-refractivity contribution in [3.05, 3.63) is 12.2 Å². The Balaban J connectivity index is 2.07. The quantitative estimate of drug-likeness (QED) is 0.627. The van der Waals surface area contributed by atoms with Gasteiger partial charge in [0.15, 0.2) is 11.4 Å². The fraction of sp³-hybridized carbons (Fsp3) is 0.824. The summed E-state index contributed by atoms with van der Waals surface area (Å²) in [5.74, 6) is -1.02. The van der Waals surface area contributed by atoms with Crippen LogP contribution in [0.3, 0.4) is 0 Å². The Morgan fingerprint density at radius 2 is 1.50 bits per heavy atom. The summed E-state index contributed by atoms with van der Waals surface area (Å²) in [6.07, 6.45) is 1.52. The van der Waals surface area contributed by atoms with Gasteiger partial charge in [-0.05, 0) is 41.5 Å². The van der Waals surface area contributed by atoms with Crippen molar-refractivity contribution in [2.24, 2.45) is 0 Å². The summed E-state index contributed by atoms with van der Waals surface area (Å²) in [7, 11) is 0. The van der Waals surface area contributed by atoms with E-state index in [0.29, 0.717) is 18.8 Å². The lowest BCUT2D eigenvalue weighted by molar-refractivity contribution is -0.337. The first kappa shape index (κ1) is 17.4. The molecule has 0 aromatic carbocycles. The van der Waals surface area contributed by atoms with Crippen molar-refractivity contribution in [2.45, 2.75) is 76.9 Å². The number of nitrogens with one attached hydrogen (secondary N) is 1. The number of ether oxygens (including phenoxy) is 3. The van der Waals surface area contributed by atoms with Gasteiger partial charge in [-0.3, -0.25) is 0 Å². The summed E-state index contributed by atoms with van der Waals surface area (Å²) in [4.78, 5) is 11.7. The van der Waals surface area contributed by atoms with E-state index in [0.717, 1.165) is 12.8 Å². The Hall–Kier alpha value is -0.910. The third-order valence-electron chi connectivity index (χ3n) is 4.07. The largest absolute Gasteiger partial charge is 0.451 e. The van der Waals surface area contributed by atoms with Crippen molar-refractivity contribution >= 4 is 5.97 Å². The summed E-state index contributed by atoms with van der Waals surface area (Å²) >= 11 is 0. The summed E-state index contributed by atoms with van der Waals surface area (Å²) in [6.45, 7) is 16.3. The van der Waals surface area contributed by atoms with E-state index in [9.17, 15) is 4.79 Å². The van der Waals surface area contributed by atoms with Gasteiger partial charge < -0.3 is 19.5 Å². The molecule has 0 saturated carbocycles. The number of rotatable bonds is 2. The maximum Gasteiger partial charge on any atom is 0.333 e. The van der Waals surface area contributed by atoms with Crippen LogP contribution in [0.25, 0.3) is 0 Å². The van der Waals surface area contributed by atoms with Crippen molar-refractivity contribution in [1.82, 2.24) is 5.32 Å². The summed E-state index contributed by atoms with van der Waals surface area (Å²) in [5.41, 5.74) is -0.542. The van der Waals surface area contributed by atoms with Gasteiger partial charge in [0.1, 0.15) is 0 Å². The van der Waals surface area contributed by atoms with Crippen LogP contribution in [0.1, 0.15) is 54.4 Å². The first-order valence-corrected chi connectivity index (χ1v) is 7.82. The first-order valence-electron chi connectivity index (χ1n) is 7.82. The molecule has 126 valence electrons. The van der Waals surface area contributed by atoms with Crippen molar-refractivity contribution in [2.75, 3.05) is 13.2 Å². The van der Waals surface area contributed by atoms with Crippen molar-refractivity contribution in [3.8, 4) is 0 Å². The van der Waals surface area contributed by atoms with Gasteiger partial charge in [0, 0.05) is 29.5 Å². The highest BCUT2D eigenvalue weighted by Gasteiger charge is 2.53. The molecular formula is C17H29NO4. The zero-order valence-electron chi connectivity index (χ0n) is 14.7. The standard InChI is InChI=1S/C17H29NO4/c1-12(2)13(19)22-16(7)10-20-17(21-11-16)8-14(3,4)18-15(5,6)9-17/h18H,1,8-11H2,2-7H3. The second-order valence-electron chi connectivity index (χ2n) is 8.35. The zero-order chi connectivity index (χ0) is 16.8.